The van der Waals surface area contributed by atoms with Gasteiger partial charge in [0.2, 0.25) is 0 Å². The van der Waals surface area contributed by atoms with Gasteiger partial charge in [0.25, 0.3) is 0 Å². The second-order valence-electron chi connectivity index (χ2n) is 3.63. The number of nitrogens with zero attached hydrogens (tertiary/aromatic N) is 1. The molecule has 1 atom stereocenters. The van der Waals surface area contributed by atoms with E-state index in [0.29, 0.717) is 12.0 Å². The smallest absolute Gasteiger partial charge is 0.189 e. The summed E-state index contributed by atoms with van der Waals surface area (Å²) in [4.78, 5) is 5.45. The Morgan fingerprint density at radius 3 is 2.60 bits per heavy atom. The third kappa shape index (κ3) is 4.10. The van der Waals surface area contributed by atoms with E-state index in [4.69, 9.17) is 17.3 Å². The lowest BCUT2D eigenvalue weighted by molar-refractivity contribution is 0.713. The maximum Gasteiger partial charge on any atom is 0.189 e. The second-order valence-corrected chi connectivity index (χ2v) is 5.38. The van der Waals surface area contributed by atoms with Crippen LogP contribution in [-0.2, 0) is 0 Å². The molecule has 0 amide bonds. The second kappa shape index (κ2) is 5.37. The van der Waals surface area contributed by atoms with Crippen LogP contribution in [0.15, 0.2) is 17.1 Å². The SMILES string of the molecule is CC(C)NC(N)=NC(C)c1ccc(Cl)s1. The standard InChI is InChI=1S/C10H16ClN3S/c1-6(2)13-10(12)14-7(3)8-4-5-9(11)15-8/h4-7H,1-3H3,(H3,12,13,14). The molecule has 0 bridgehead atoms. The van der Waals surface area contributed by atoms with Crippen LogP contribution in [0.2, 0.25) is 4.34 Å². The molecular weight excluding hydrogens is 230 g/mol. The van der Waals surface area contributed by atoms with Crippen LogP contribution >= 0.6 is 22.9 Å². The maximum atomic E-state index is 5.85. The van der Waals surface area contributed by atoms with Crippen LogP contribution in [-0.4, -0.2) is 12.0 Å². The Morgan fingerprint density at radius 1 is 1.47 bits per heavy atom. The summed E-state index contributed by atoms with van der Waals surface area (Å²) < 4.78 is 0.780. The fraction of sp³-hybridized carbons (Fsp3) is 0.500. The average molecular weight is 246 g/mol. The predicted molar refractivity (Wildman–Crippen MR) is 67.6 cm³/mol. The van der Waals surface area contributed by atoms with Crippen LogP contribution in [0.1, 0.15) is 31.7 Å². The van der Waals surface area contributed by atoms with Crippen LogP contribution < -0.4 is 11.1 Å². The number of hydrogen-bond acceptors (Lipinski definition) is 2. The van der Waals surface area contributed by atoms with Gasteiger partial charge in [-0.2, -0.15) is 0 Å². The van der Waals surface area contributed by atoms with Gasteiger partial charge in [-0.3, -0.25) is 0 Å². The Labute approximate surface area is 99.3 Å². The molecule has 0 aliphatic carbocycles. The van der Waals surface area contributed by atoms with E-state index in [1.807, 2.05) is 32.9 Å². The summed E-state index contributed by atoms with van der Waals surface area (Å²) in [6.07, 6.45) is 0. The highest BCUT2D eigenvalue weighted by molar-refractivity contribution is 7.16. The summed E-state index contributed by atoms with van der Waals surface area (Å²) in [5, 5.41) is 3.05. The van der Waals surface area contributed by atoms with Gasteiger partial charge in [-0.05, 0) is 32.9 Å². The van der Waals surface area contributed by atoms with Crippen molar-refractivity contribution in [3.05, 3.63) is 21.3 Å². The fourth-order valence-electron chi connectivity index (χ4n) is 1.16. The van der Waals surface area contributed by atoms with E-state index in [1.54, 1.807) is 0 Å². The molecule has 15 heavy (non-hydrogen) atoms. The lowest BCUT2D eigenvalue weighted by atomic mass is 10.3. The van der Waals surface area contributed by atoms with Crippen molar-refractivity contribution in [1.82, 2.24) is 5.32 Å². The lowest BCUT2D eigenvalue weighted by Gasteiger charge is -2.10. The van der Waals surface area contributed by atoms with Gasteiger partial charge in [0.1, 0.15) is 0 Å². The maximum absolute atomic E-state index is 5.85. The topological polar surface area (TPSA) is 50.4 Å². The van der Waals surface area contributed by atoms with E-state index in [2.05, 4.69) is 10.3 Å². The molecule has 0 spiro atoms. The Morgan fingerprint density at radius 2 is 2.13 bits per heavy atom. The molecule has 0 radical (unpaired) electrons. The third-order valence-corrected chi connectivity index (χ3v) is 3.18. The van der Waals surface area contributed by atoms with E-state index in [-0.39, 0.29) is 6.04 Å². The molecule has 3 N–H and O–H groups in total. The highest BCUT2D eigenvalue weighted by Crippen LogP contribution is 2.28. The first-order valence-corrected chi connectivity index (χ1v) is 6.03. The third-order valence-electron chi connectivity index (χ3n) is 1.78. The summed E-state index contributed by atoms with van der Waals surface area (Å²) in [6.45, 7) is 6.04. The molecule has 0 aliphatic rings. The molecule has 84 valence electrons. The summed E-state index contributed by atoms with van der Waals surface area (Å²) in [5.74, 6) is 0.474. The van der Waals surface area contributed by atoms with Crippen molar-refractivity contribution in [3.8, 4) is 0 Å². The average Bonchev–Trinajstić information content (AvgIpc) is 2.49. The zero-order chi connectivity index (χ0) is 11.4. The van der Waals surface area contributed by atoms with Crippen molar-refractivity contribution in [2.24, 2.45) is 10.7 Å². The van der Waals surface area contributed by atoms with Crippen molar-refractivity contribution in [2.75, 3.05) is 0 Å². The van der Waals surface area contributed by atoms with E-state index >= 15 is 0 Å². The molecule has 1 aromatic heterocycles. The van der Waals surface area contributed by atoms with Gasteiger partial charge < -0.3 is 11.1 Å². The largest absolute Gasteiger partial charge is 0.370 e. The molecule has 0 saturated heterocycles. The molecule has 1 heterocycles. The van der Waals surface area contributed by atoms with Gasteiger partial charge in [-0.15, -0.1) is 11.3 Å². The summed E-state index contributed by atoms with van der Waals surface area (Å²) >= 11 is 7.38. The van der Waals surface area contributed by atoms with Gasteiger partial charge >= 0.3 is 0 Å². The number of rotatable bonds is 3. The van der Waals surface area contributed by atoms with Crippen molar-refractivity contribution >= 4 is 28.9 Å². The van der Waals surface area contributed by atoms with Crippen LogP contribution in [0.25, 0.3) is 0 Å². The minimum absolute atomic E-state index is 0.0498. The summed E-state index contributed by atoms with van der Waals surface area (Å²) in [5.41, 5.74) is 5.73. The number of halogens is 1. The van der Waals surface area contributed by atoms with Crippen molar-refractivity contribution < 1.29 is 0 Å². The minimum Gasteiger partial charge on any atom is -0.370 e. The van der Waals surface area contributed by atoms with E-state index in [0.717, 1.165) is 9.21 Å². The zero-order valence-corrected chi connectivity index (χ0v) is 10.7. The minimum atomic E-state index is 0.0498. The van der Waals surface area contributed by atoms with Crippen molar-refractivity contribution in [3.63, 3.8) is 0 Å². The highest BCUT2D eigenvalue weighted by Gasteiger charge is 2.07. The van der Waals surface area contributed by atoms with E-state index in [9.17, 15) is 0 Å². The van der Waals surface area contributed by atoms with Gasteiger partial charge in [0.05, 0.1) is 10.4 Å². The van der Waals surface area contributed by atoms with Crippen molar-refractivity contribution in [1.29, 1.82) is 0 Å². The number of hydrogen-bond donors (Lipinski definition) is 2. The number of nitrogens with one attached hydrogen (secondary N) is 1. The molecule has 0 aliphatic heterocycles. The first kappa shape index (κ1) is 12.3. The van der Waals surface area contributed by atoms with Crippen molar-refractivity contribution in [2.45, 2.75) is 32.9 Å². The normalized spacial score (nSPS) is 14.3. The van der Waals surface area contributed by atoms with Crippen LogP contribution in [0.3, 0.4) is 0 Å². The molecular formula is C10H16ClN3S. The van der Waals surface area contributed by atoms with E-state index < -0.39 is 0 Å². The Kier molecular flexibility index (Phi) is 4.42. The first-order valence-electron chi connectivity index (χ1n) is 4.84. The lowest BCUT2D eigenvalue weighted by Crippen LogP contribution is -2.36. The quantitative estimate of drug-likeness (QED) is 0.636. The molecule has 1 rings (SSSR count). The predicted octanol–water partition coefficient (Wildman–Crippen LogP) is 2.78. The van der Waals surface area contributed by atoms with Gasteiger partial charge in [0.15, 0.2) is 5.96 Å². The van der Waals surface area contributed by atoms with Gasteiger partial charge in [-0.1, -0.05) is 11.6 Å². The molecule has 5 heteroatoms. The zero-order valence-electron chi connectivity index (χ0n) is 9.12. The molecule has 3 nitrogen and oxygen atoms in total. The highest BCUT2D eigenvalue weighted by atomic mass is 35.5. The van der Waals surface area contributed by atoms with Gasteiger partial charge in [0, 0.05) is 10.9 Å². The Balaban J connectivity index is 2.65. The first-order chi connectivity index (χ1) is 6.99. The number of guanidine groups is 1. The molecule has 0 fully saturated rings. The van der Waals surface area contributed by atoms with Gasteiger partial charge in [-0.25, -0.2) is 4.99 Å². The molecule has 0 aromatic carbocycles. The summed E-state index contributed by atoms with van der Waals surface area (Å²) in [6, 6.07) is 4.20. The summed E-state index contributed by atoms with van der Waals surface area (Å²) in [7, 11) is 0. The Hall–Kier alpha value is -0.740. The number of aliphatic imine (C=N–C) groups is 1. The molecule has 1 aromatic rings. The number of nitrogens with two attached hydrogens (primary N) is 1. The Bertz CT molecular complexity index is 346. The van der Waals surface area contributed by atoms with Crippen LogP contribution in [0.5, 0.6) is 0 Å². The fourth-order valence-corrected chi connectivity index (χ4v) is 2.21. The number of thiophene rings is 1. The van der Waals surface area contributed by atoms with Crippen LogP contribution in [0.4, 0.5) is 0 Å². The van der Waals surface area contributed by atoms with Crippen LogP contribution in [0, 0.1) is 0 Å². The van der Waals surface area contributed by atoms with E-state index in [1.165, 1.54) is 11.3 Å². The molecule has 1 unspecified atom stereocenters. The molecule has 0 saturated carbocycles. The monoisotopic (exact) mass is 245 g/mol.